The Morgan fingerprint density at radius 3 is 2.83 bits per heavy atom. The fourth-order valence-corrected chi connectivity index (χ4v) is 4.63. The summed E-state index contributed by atoms with van der Waals surface area (Å²) in [6.07, 6.45) is 1.66. The van der Waals surface area contributed by atoms with E-state index in [4.69, 9.17) is 0 Å². The van der Waals surface area contributed by atoms with Gasteiger partial charge in [0.25, 0.3) is 5.91 Å². The highest BCUT2D eigenvalue weighted by Crippen LogP contribution is 2.29. The van der Waals surface area contributed by atoms with Gasteiger partial charge in [-0.25, -0.2) is 0 Å². The zero-order chi connectivity index (χ0) is 20.7. The largest absolute Gasteiger partial charge is 0.381 e. The minimum absolute atomic E-state index is 0.136. The van der Waals surface area contributed by atoms with Crippen LogP contribution in [0.4, 0.5) is 5.69 Å². The van der Waals surface area contributed by atoms with Gasteiger partial charge < -0.3 is 15.5 Å². The number of benzene rings is 2. The molecule has 7 nitrogen and oxygen atoms in total. The van der Waals surface area contributed by atoms with E-state index in [0.29, 0.717) is 25.1 Å². The second-order valence-electron chi connectivity index (χ2n) is 8.12. The molecule has 3 aliphatic heterocycles. The molecule has 3 N–H and O–H groups in total. The van der Waals surface area contributed by atoms with Gasteiger partial charge in [0.15, 0.2) is 0 Å². The Balaban J connectivity index is 1.30. The first-order chi connectivity index (χ1) is 14.6. The summed E-state index contributed by atoms with van der Waals surface area (Å²) in [5, 5.41) is 9.29. The summed E-state index contributed by atoms with van der Waals surface area (Å²) >= 11 is 0. The van der Waals surface area contributed by atoms with Gasteiger partial charge >= 0.3 is 0 Å². The number of nitrogens with zero attached hydrogens (tertiary/aromatic N) is 1. The average molecular weight is 404 g/mol. The molecular weight excluding hydrogens is 380 g/mol. The molecule has 2 aromatic rings. The van der Waals surface area contributed by atoms with Crippen molar-refractivity contribution >= 4 is 23.4 Å². The van der Waals surface area contributed by atoms with Crippen molar-refractivity contribution < 1.29 is 14.4 Å². The first kappa shape index (κ1) is 18.8. The van der Waals surface area contributed by atoms with E-state index in [1.165, 1.54) is 11.1 Å². The number of piperidine rings is 1. The van der Waals surface area contributed by atoms with Crippen LogP contribution in [0.15, 0.2) is 36.4 Å². The quantitative estimate of drug-likeness (QED) is 0.675. The predicted molar refractivity (Wildman–Crippen MR) is 112 cm³/mol. The van der Waals surface area contributed by atoms with Crippen molar-refractivity contribution in [1.29, 1.82) is 0 Å². The van der Waals surface area contributed by atoms with Gasteiger partial charge in [0, 0.05) is 37.3 Å². The molecule has 1 saturated heterocycles. The molecule has 0 radical (unpaired) electrons. The summed E-state index contributed by atoms with van der Waals surface area (Å²) in [6.45, 7) is 2.97. The van der Waals surface area contributed by atoms with E-state index in [-0.39, 0.29) is 24.1 Å². The van der Waals surface area contributed by atoms with Gasteiger partial charge in [0.2, 0.25) is 11.8 Å². The Bertz CT molecular complexity index is 1050. The Morgan fingerprint density at radius 2 is 1.97 bits per heavy atom. The highest BCUT2D eigenvalue weighted by molar-refractivity contribution is 6.05. The lowest BCUT2D eigenvalue weighted by molar-refractivity contribution is -0.136. The molecule has 3 heterocycles. The number of nitrogens with one attached hydrogen (secondary N) is 3. The number of rotatable bonds is 4. The standard InChI is InChI=1S/C23H24N4O3/c28-21-7-6-20(22(29)26-21)27-13-16-10-14(4-5-18(16)23(27)30)11-25-19-3-1-2-15-12-24-9-8-17(15)19/h1-5,10,20,24-25H,6-9,11-13H2,(H,26,28,29). The molecule has 2 aromatic carbocycles. The van der Waals surface area contributed by atoms with Crippen LogP contribution in [0.5, 0.6) is 0 Å². The molecule has 0 bridgehead atoms. The van der Waals surface area contributed by atoms with Crippen LogP contribution in [0.3, 0.4) is 0 Å². The van der Waals surface area contributed by atoms with E-state index < -0.39 is 6.04 Å². The van der Waals surface area contributed by atoms with Crippen LogP contribution < -0.4 is 16.0 Å². The minimum atomic E-state index is -0.575. The molecule has 5 rings (SSSR count). The van der Waals surface area contributed by atoms with E-state index >= 15 is 0 Å². The topological polar surface area (TPSA) is 90.5 Å². The molecule has 7 heteroatoms. The SMILES string of the molecule is O=C1CCC(N2Cc3cc(CNc4cccc5c4CCNC5)ccc3C2=O)C(=O)N1. The predicted octanol–water partition coefficient (Wildman–Crippen LogP) is 1.71. The van der Waals surface area contributed by atoms with Crippen molar-refractivity contribution in [2.45, 2.75) is 44.9 Å². The lowest BCUT2D eigenvalue weighted by atomic mass is 9.99. The molecule has 1 fully saturated rings. The number of carbonyl (C=O) groups excluding carboxylic acids is 3. The van der Waals surface area contributed by atoms with Gasteiger partial charge in [-0.15, -0.1) is 0 Å². The van der Waals surface area contributed by atoms with Crippen molar-refractivity contribution in [3.05, 3.63) is 64.2 Å². The van der Waals surface area contributed by atoms with Crippen molar-refractivity contribution in [3.8, 4) is 0 Å². The highest BCUT2D eigenvalue weighted by Gasteiger charge is 2.39. The number of carbonyl (C=O) groups is 3. The zero-order valence-electron chi connectivity index (χ0n) is 16.7. The molecule has 3 aliphatic rings. The molecule has 30 heavy (non-hydrogen) atoms. The van der Waals surface area contributed by atoms with Gasteiger partial charge in [-0.2, -0.15) is 0 Å². The van der Waals surface area contributed by atoms with Gasteiger partial charge in [0.1, 0.15) is 6.04 Å². The lowest BCUT2D eigenvalue weighted by Crippen LogP contribution is -2.52. The van der Waals surface area contributed by atoms with Gasteiger partial charge in [-0.3, -0.25) is 19.7 Å². The molecular formula is C23H24N4O3. The van der Waals surface area contributed by atoms with Crippen molar-refractivity contribution in [2.75, 3.05) is 11.9 Å². The Morgan fingerprint density at radius 1 is 1.07 bits per heavy atom. The van der Waals surface area contributed by atoms with Crippen LogP contribution in [-0.4, -0.2) is 35.2 Å². The van der Waals surface area contributed by atoms with E-state index in [9.17, 15) is 14.4 Å². The molecule has 3 amide bonds. The zero-order valence-corrected chi connectivity index (χ0v) is 16.7. The van der Waals surface area contributed by atoms with Crippen molar-refractivity contribution in [3.63, 3.8) is 0 Å². The Kier molecular flexibility index (Phi) is 4.75. The third-order valence-corrected chi connectivity index (χ3v) is 6.21. The van der Waals surface area contributed by atoms with Crippen LogP contribution in [0.1, 0.15) is 45.5 Å². The smallest absolute Gasteiger partial charge is 0.255 e. The number of anilines is 1. The van der Waals surface area contributed by atoms with Crippen molar-refractivity contribution in [1.82, 2.24) is 15.5 Å². The van der Waals surface area contributed by atoms with E-state index in [1.54, 1.807) is 4.90 Å². The molecule has 0 saturated carbocycles. The molecule has 154 valence electrons. The molecule has 0 aliphatic carbocycles. The third-order valence-electron chi connectivity index (χ3n) is 6.21. The van der Waals surface area contributed by atoms with E-state index in [0.717, 1.165) is 36.3 Å². The summed E-state index contributed by atoms with van der Waals surface area (Å²) in [5.74, 6) is -0.783. The number of imide groups is 1. The van der Waals surface area contributed by atoms with Gasteiger partial charge in [0.05, 0.1) is 0 Å². The Hall–Kier alpha value is -3.19. The van der Waals surface area contributed by atoms with Gasteiger partial charge in [-0.1, -0.05) is 24.3 Å². The summed E-state index contributed by atoms with van der Waals surface area (Å²) in [5.41, 5.74) is 6.55. The highest BCUT2D eigenvalue weighted by atomic mass is 16.2. The van der Waals surface area contributed by atoms with Crippen LogP contribution in [0.2, 0.25) is 0 Å². The maximum Gasteiger partial charge on any atom is 0.255 e. The number of hydrogen-bond acceptors (Lipinski definition) is 5. The van der Waals surface area contributed by atoms with Crippen LogP contribution in [0.25, 0.3) is 0 Å². The van der Waals surface area contributed by atoms with Gasteiger partial charge in [-0.05, 0) is 53.8 Å². The molecule has 1 atom stereocenters. The number of amides is 3. The summed E-state index contributed by atoms with van der Waals surface area (Å²) in [4.78, 5) is 38.0. The van der Waals surface area contributed by atoms with E-state index in [1.807, 2.05) is 18.2 Å². The maximum atomic E-state index is 12.8. The van der Waals surface area contributed by atoms with Crippen LogP contribution >= 0.6 is 0 Å². The minimum Gasteiger partial charge on any atom is -0.381 e. The summed E-state index contributed by atoms with van der Waals surface area (Å²) in [7, 11) is 0. The van der Waals surface area contributed by atoms with Crippen LogP contribution in [-0.2, 0) is 35.6 Å². The third kappa shape index (κ3) is 3.35. The monoisotopic (exact) mass is 404 g/mol. The summed E-state index contributed by atoms with van der Waals surface area (Å²) < 4.78 is 0. The van der Waals surface area contributed by atoms with Crippen molar-refractivity contribution in [2.24, 2.45) is 0 Å². The average Bonchev–Trinajstić information content (AvgIpc) is 3.08. The second-order valence-corrected chi connectivity index (χ2v) is 8.12. The fraction of sp³-hybridized carbons (Fsp3) is 0.348. The number of hydrogen-bond donors (Lipinski definition) is 3. The van der Waals surface area contributed by atoms with E-state index in [2.05, 4.69) is 34.1 Å². The van der Waals surface area contributed by atoms with Crippen LogP contribution in [0, 0.1) is 0 Å². The molecule has 0 aromatic heterocycles. The lowest BCUT2D eigenvalue weighted by Gasteiger charge is -2.29. The maximum absolute atomic E-state index is 12.8. The summed E-state index contributed by atoms with van der Waals surface area (Å²) in [6, 6.07) is 11.6. The first-order valence-electron chi connectivity index (χ1n) is 10.4. The molecule has 1 unspecified atom stereocenters. The second kappa shape index (κ2) is 7.57. The Labute approximate surface area is 174 Å². The normalized spacial score (nSPS) is 20.6. The molecule has 0 spiro atoms. The fourth-order valence-electron chi connectivity index (χ4n) is 4.63. The first-order valence-corrected chi connectivity index (χ1v) is 10.4. The number of fused-ring (bicyclic) bond motifs is 2.